The number of amides is 2. The first-order valence-corrected chi connectivity index (χ1v) is 12.1. The fourth-order valence-electron chi connectivity index (χ4n) is 4.41. The van der Waals surface area contributed by atoms with Crippen molar-refractivity contribution in [2.75, 3.05) is 18.0 Å². The molecule has 0 saturated carbocycles. The van der Waals surface area contributed by atoms with Crippen molar-refractivity contribution in [2.45, 2.75) is 19.8 Å². The van der Waals surface area contributed by atoms with E-state index in [2.05, 4.69) is 0 Å². The standard InChI is InChI=1S/C27H24FN3O2S/c1-18-7-2-4-10-23(18)31(27-29-22-9-3-5-11-24(22)34-27)26(33)20-8-6-16-30(17-20)25(32)19-12-14-21(28)15-13-19/h2-5,7,9-15,20H,6,8,16-17H2,1H3. The van der Waals surface area contributed by atoms with Gasteiger partial charge in [-0.2, -0.15) is 0 Å². The maximum absolute atomic E-state index is 14.0. The van der Waals surface area contributed by atoms with Crippen LogP contribution in [-0.2, 0) is 4.79 Å². The Kier molecular flexibility index (Phi) is 6.11. The molecule has 2 amide bonds. The molecule has 172 valence electrons. The zero-order valence-corrected chi connectivity index (χ0v) is 19.6. The normalized spacial score (nSPS) is 15.9. The van der Waals surface area contributed by atoms with Crippen LogP contribution < -0.4 is 4.90 Å². The van der Waals surface area contributed by atoms with Crippen LogP contribution in [0.3, 0.4) is 0 Å². The van der Waals surface area contributed by atoms with Crippen LogP contribution in [-0.4, -0.2) is 34.8 Å². The lowest BCUT2D eigenvalue weighted by atomic mass is 9.95. The highest BCUT2D eigenvalue weighted by atomic mass is 32.1. The maximum Gasteiger partial charge on any atom is 0.253 e. The van der Waals surface area contributed by atoms with Crippen molar-refractivity contribution in [3.63, 3.8) is 0 Å². The van der Waals surface area contributed by atoms with Crippen molar-refractivity contribution < 1.29 is 14.0 Å². The molecule has 4 aromatic rings. The Hall–Kier alpha value is -3.58. The number of hydrogen-bond acceptors (Lipinski definition) is 4. The molecule has 0 aliphatic carbocycles. The number of benzene rings is 3. The van der Waals surface area contributed by atoms with Crippen molar-refractivity contribution in [1.82, 2.24) is 9.88 Å². The van der Waals surface area contributed by atoms with E-state index in [4.69, 9.17) is 4.98 Å². The number of piperidine rings is 1. The van der Waals surface area contributed by atoms with Crippen molar-refractivity contribution in [2.24, 2.45) is 5.92 Å². The Morgan fingerprint density at radius 2 is 1.76 bits per heavy atom. The molecule has 1 atom stereocenters. The van der Waals surface area contributed by atoms with E-state index in [0.717, 1.165) is 27.9 Å². The van der Waals surface area contributed by atoms with Gasteiger partial charge in [0.1, 0.15) is 5.82 Å². The summed E-state index contributed by atoms with van der Waals surface area (Å²) in [5.41, 5.74) is 3.06. The largest absolute Gasteiger partial charge is 0.338 e. The van der Waals surface area contributed by atoms with Crippen LogP contribution in [0.4, 0.5) is 15.2 Å². The molecule has 1 fully saturated rings. The van der Waals surface area contributed by atoms with Crippen LogP contribution in [0.25, 0.3) is 10.2 Å². The van der Waals surface area contributed by atoms with Crippen LogP contribution in [0.5, 0.6) is 0 Å². The Bertz CT molecular complexity index is 1320. The number of aryl methyl sites for hydroxylation is 1. The number of rotatable bonds is 4. The zero-order valence-electron chi connectivity index (χ0n) is 18.8. The van der Waals surface area contributed by atoms with Gasteiger partial charge in [0, 0.05) is 18.7 Å². The highest BCUT2D eigenvalue weighted by Crippen LogP contribution is 2.37. The third-order valence-electron chi connectivity index (χ3n) is 6.20. The van der Waals surface area contributed by atoms with Crippen LogP contribution >= 0.6 is 11.3 Å². The second-order valence-corrected chi connectivity index (χ2v) is 9.53. The molecule has 5 rings (SSSR count). The number of hydrogen-bond donors (Lipinski definition) is 0. The van der Waals surface area contributed by atoms with Crippen molar-refractivity contribution in [3.05, 3.63) is 89.7 Å². The molecular weight excluding hydrogens is 449 g/mol. The molecule has 1 unspecified atom stereocenters. The topological polar surface area (TPSA) is 53.5 Å². The molecule has 3 aromatic carbocycles. The van der Waals surface area contributed by atoms with Gasteiger partial charge < -0.3 is 4.90 Å². The Labute approximate surface area is 201 Å². The van der Waals surface area contributed by atoms with Gasteiger partial charge in [-0.3, -0.25) is 14.5 Å². The van der Waals surface area contributed by atoms with Crippen LogP contribution in [0.1, 0.15) is 28.8 Å². The summed E-state index contributed by atoms with van der Waals surface area (Å²) in [4.78, 5) is 35.2. The molecule has 2 heterocycles. The van der Waals surface area contributed by atoms with E-state index in [1.165, 1.54) is 35.6 Å². The summed E-state index contributed by atoms with van der Waals surface area (Å²) in [7, 11) is 0. The number of anilines is 2. The number of fused-ring (bicyclic) bond motifs is 1. The number of likely N-dealkylation sites (tertiary alicyclic amines) is 1. The molecule has 0 spiro atoms. The maximum atomic E-state index is 14.0. The lowest BCUT2D eigenvalue weighted by molar-refractivity contribution is -0.122. The van der Waals surface area contributed by atoms with Gasteiger partial charge in [0.25, 0.3) is 5.91 Å². The van der Waals surface area contributed by atoms with E-state index in [-0.39, 0.29) is 23.5 Å². The molecule has 0 bridgehead atoms. The minimum absolute atomic E-state index is 0.0648. The average Bonchev–Trinajstić information content (AvgIpc) is 3.29. The number of para-hydroxylation sites is 2. The molecule has 1 saturated heterocycles. The Balaban J connectivity index is 1.46. The lowest BCUT2D eigenvalue weighted by Crippen LogP contribution is -2.46. The Morgan fingerprint density at radius 1 is 1.03 bits per heavy atom. The van der Waals surface area contributed by atoms with E-state index in [1.54, 1.807) is 9.80 Å². The summed E-state index contributed by atoms with van der Waals surface area (Å²) in [5, 5.41) is 0.627. The number of carbonyl (C=O) groups is 2. The smallest absolute Gasteiger partial charge is 0.253 e. The Morgan fingerprint density at radius 3 is 2.53 bits per heavy atom. The number of nitrogens with zero attached hydrogens (tertiary/aromatic N) is 3. The summed E-state index contributed by atoms with van der Waals surface area (Å²) in [6.07, 6.45) is 1.42. The van der Waals surface area contributed by atoms with Gasteiger partial charge in [-0.15, -0.1) is 0 Å². The van der Waals surface area contributed by atoms with Gasteiger partial charge >= 0.3 is 0 Å². The first kappa shape index (κ1) is 22.2. The SMILES string of the molecule is Cc1ccccc1N(C(=O)C1CCCN(C(=O)c2ccc(F)cc2)C1)c1nc2ccccc2s1. The molecule has 5 nitrogen and oxygen atoms in total. The molecule has 1 aliphatic heterocycles. The molecule has 1 aliphatic rings. The highest BCUT2D eigenvalue weighted by molar-refractivity contribution is 7.22. The minimum Gasteiger partial charge on any atom is -0.338 e. The number of halogens is 1. The van der Waals surface area contributed by atoms with Crippen molar-refractivity contribution in [3.8, 4) is 0 Å². The van der Waals surface area contributed by atoms with Gasteiger partial charge in [0.15, 0.2) is 5.13 Å². The van der Waals surface area contributed by atoms with E-state index < -0.39 is 0 Å². The van der Waals surface area contributed by atoms with Gasteiger partial charge in [-0.05, 0) is 67.8 Å². The molecular formula is C27H24FN3O2S. The van der Waals surface area contributed by atoms with Gasteiger partial charge in [-0.1, -0.05) is 41.7 Å². The summed E-state index contributed by atoms with van der Waals surface area (Å²) in [6, 6.07) is 21.2. The first-order chi connectivity index (χ1) is 16.5. The summed E-state index contributed by atoms with van der Waals surface area (Å²) in [6.45, 7) is 2.88. The second-order valence-electron chi connectivity index (χ2n) is 8.52. The minimum atomic E-state index is -0.382. The highest BCUT2D eigenvalue weighted by Gasteiger charge is 2.34. The van der Waals surface area contributed by atoms with E-state index in [0.29, 0.717) is 30.2 Å². The first-order valence-electron chi connectivity index (χ1n) is 11.3. The van der Waals surface area contributed by atoms with Crippen LogP contribution in [0.15, 0.2) is 72.8 Å². The van der Waals surface area contributed by atoms with Crippen molar-refractivity contribution >= 4 is 44.2 Å². The molecule has 1 aromatic heterocycles. The number of aromatic nitrogens is 1. The third kappa shape index (κ3) is 4.31. The summed E-state index contributed by atoms with van der Waals surface area (Å²) in [5.74, 6) is -0.984. The predicted molar refractivity (Wildman–Crippen MR) is 133 cm³/mol. The molecule has 34 heavy (non-hydrogen) atoms. The van der Waals surface area contributed by atoms with Gasteiger partial charge in [-0.25, -0.2) is 9.37 Å². The van der Waals surface area contributed by atoms with Crippen LogP contribution in [0.2, 0.25) is 0 Å². The molecule has 7 heteroatoms. The third-order valence-corrected chi connectivity index (χ3v) is 7.22. The average molecular weight is 474 g/mol. The monoisotopic (exact) mass is 473 g/mol. The van der Waals surface area contributed by atoms with E-state index in [1.807, 2.05) is 55.5 Å². The summed E-state index contributed by atoms with van der Waals surface area (Å²) >= 11 is 1.48. The zero-order chi connectivity index (χ0) is 23.7. The number of thiazole rings is 1. The fourth-order valence-corrected chi connectivity index (χ4v) is 5.39. The van der Waals surface area contributed by atoms with E-state index >= 15 is 0 Å². The number of carbonyl (C=O) groups excluding carboxylic acids is 2. The predicted octanol–water partition coefficient (Wildman–Crippen LogP) is 5.96. The second kappa shape index (κ2) is 9.35. The fraction of sp³-hybridized carbons (Fsp3) is 0.222. The van der Waals surface area contributed by atoms with E-state index in [9.17, 15) is 14.0 Å². The quantitative estimate of drug-likeness (QED) is 0.367. The van der Waals surface area contributed by atoms with Gasteiger partial charge in [0.2, 0.25) is 5.91 Å². The van der Waals surface area contributed by atoms with Gasteiger partial charge in [0.05, 0.1) is 21.8 Å². The van der Waals surface area contributed by atoms with Crippen LogP contribution in [0, 0.1) is 18.7 Å². The van der Waals surface area contributed by atoms with Crippen molar-refractivity contribution in [1.29, 1.82) is 0 Å². The lowest BCUT2D eigenvalue weighted by Gasteiger charge is -2.34. The summed E-state index contributed by atoms with van der Waals surface area (Å²) < 4.78 is 14.3. The molecule has 0 radical (unpaired) electrons. The molecule has 0 N–H and O–H groups in total.